The van der Waals surface area contributed by atoms with Crippen molar-refractivity contribution in [1.29, 1.82) is 0 Å². The number of hydrogen-bond donors (Lipinski definition) is 4. The minimum absolute atomic E-state index is 0.0715. The van der Waals surface area contributed by atoms with Crippen LogP contribution in [0.5, 0.6) is 0 Å². The minimum atomic E-state index is -1.17. The van der Waals surface area contributed by atoms with Gasteiger partial charge in [0.1, 0.15) is 30.8 Å². The van der Waals surface area contributed by atoms with Crippen LogP contribution in [0.2, 0.25) is 0 Å². The van der Waals surface area contributed by atoms with E-state index in [1.54, 1.807) is 31.7 Å². The third-order valence-corrected chi connectivity index (χ3v) is 15.9. The van der Waals surface area contributed by atoms with Crippen LogP contribution < -0.4 is 21.3 Å². The lowest BCUT2D eigenvalue weighted by atomic mass is 9.84. The lowest BCUT2D eigenvalue weighted by molar-refractivity contribution is -0.148. The second-order valence-corrected chi connectivity index (χ2v) is 21.0. The summed E-state index contributed by atoms with van der Waals surface area (Å²) in [5.74, 6) is -3.10. The van der Waals surface area contributed by atoms with Gasteiger partial charge in [-0.3, -0.25) is 24.0 Å². The standard InChI is InChI=1S/C60H64N4O6S2/c1-42(2)54-57(68)61-40-53(66)70-50(37-23-24-38-71-59(44-25-11-5-12-26-44,45-27-13-6-14-28-45)46-29-15-7-16-30-46)39-52(65)63-55(43(3)4)58(69)62-51(56(67)64-54)41-72-60(47-31-17-8-18-32-47,48-33-19-9-20-34-48)49-35-21-10-22-36-49/h5-23,25-37,42-43,50-51,54-55H,24,38-41H2,1-4H3,(H,61,68)(H,62,69)(H,63,65)(H,64,67)/t50-,51-,54-,55-/m1/s1. The van der Waals surface area contributed by atoms with Gasteiger partial charge in [0.25, 0.3) is 0 Å². The van der Waals surface area contributed by atoms with Crippen LogP contribution in [0.3, 0.4) is 0 Å². The maximum Gasteiger partial charge on any atom is 0.326 e. The van der Waals surface area contributed by atoms with Gasteiger partial charge in [0.05, 0.1) is 15.9 Å². The zero-order valence-corrected chi connectivity index (χ0v) is 42.9. The van der Waals surface area contributed by atoms with Crippen molar-refractivity contribution in [3.63, 3.8) is 0 Å². The highest BCUT2D eigenvalue weighted by atomic mass is 32.2. The summed E-state index contributed by atoms with van der Waals surface area (Å²) in [6.07, 6.45) is 2.87. The molecule has 6 aromatic rings. The molecule has 0 radical (unpaired) electrons. The van der Waals surface area contributed by atoms with Gasteiger partial charge in [-0.05, 0) is 63.5 Å². The normalized spacial score (nSPS) is 18.8. The average Bonchev–Trinajstić information content (AvgIpc) is 3.40. The molecule has 4 atom stereocenters. The van der Waals surface area contributed by atoms with Gasteiger partial charge in [-0.2, -0.15) is 0 Å². The number of thioether (sulfide) groups is 2. The predicted molar refractivity (Wildman–Crippen MR) is 290 cm³/mol. The van der Waals surface area contributed by atoms with Crippen LogP contribution in [-0.4, -0.2) is 71.9 Å². The molecular weight excluding hydrogens is 937 g/mol. The highest BCUT2D eigenvalue weighted by Gasteiger charge is 2.41. The van der Waals surface area contributed by atoms with Crippen LogP contribution in [0, 0.1) is 11.8 Å². The van der Waals surface area contributed by atoms with Crippen molar-refractivity contribution in [1.82, 2.24) is 21.3 Å². The number of nitrogens with one attached hydrogen (secondary N) is 4. The van der Waals surface area contributed by atoms with E-state index in [0.717, 1.165) is 33.4 Å². The molecule has 1 saturated heterocycles. The summed E-state index contributed by atoms with van der Waals surface area (Å²) in [5, 5.41) is 11.5. The molecule has 7 rings (SSSR count). The molecule has 10 nitrogen and oxygen atoms in total. The van der Waals surface area contributed by atoms with Gasteiger partial charge in [0.15, 0.2) is 0 Å². The topological polar surface area (TPSA) is 143 Å². The van der Waals surface area contributed by atoms with Gasteiger partial charge in [-0.25, -0.2) is 0 Å². The van der Waals surface area contributed by atoms with Crippen LogP contribution in [0.4, 0.5) is 0 Å². The maximum absolute atomic E-state index is 14.6. The first kappa shape index (κ1) is 52.9. The third-order valence-electron chi connectivity index (χ3n) is 12.7. The second-order valence-electron chi connectivity index (χ2n) is 18.5. The summed E-state index contributed by atoms with van der Waals surface area (Å²) >= 11 is 3.28. The van der Waals surface area contributed by atoms with Crippen molar-refractivity contribution in [2.24, 2.45) is 11.8 Å². The molecule has 0 aromatic heterocycles. The minimum Gasteiger partial charge on any atom is -0.456 e. The number of allylic oxidation sites excluding steroid dienone is 1. The first-order valence-corrected chi connectivity index (χ1v) is 26.5. The molecule has 72 heavy (non-hydrogen) atoms. The molecule has 0 unspecified atom stereocenters. The number of hydrogen-bond acceptors (Lipinski definition) is 8. The second kappa shape index (κ2) is 25.5. The van der Waals surface area contributed by atoms with Gasteiger partial charge >= 0.3 is 5.97 Å². The Bertz CT molecular complexity index is 2530. The Balaban J connectivity index is 1.15. The van der Waals surface area contributed by atoms with Gasteiger partial charge in [-0.15, -0.1) is 23.5 Å². The van der Waals surface area contributed by atoms with Crippen molar-refractivity contribution in [3.8, 4) is 0 Å². The molecule has 4 N–H and O–H groups in total. The van der Waals surface area contributed by atoms with Crippen molar-refractivity contribution < 1.29 is 28.7 Å². The first-order valence-electron chi connectivity index (χ1n) is 24.6. The molecule has 372 valence electrons. The highest BCUT2D eigenvalue weighted by molar-refractivity contribution is 8.00. The Morgan fingerprint density at radius 2 is 0.903 bits per heavy atom. The van der Waals surface area contributed by atoms with Crippen molar-refractivity contribution in [3.05, 3.63) is 228 Å². The van der Waals surface area contributed by atoms with E-state index in [9.17, 15) is 24.0 Å². The van der Waals surface area contributed by atoms with E-state index in [1.807, 2.05) is 129 Å². The lowest BCUT2D eigenvalue weighted by Crippen LogP contribution is -2.59. The van der Waals surface area contributed by atoms with Crippen LogP contribution in [0.15, 0.2) is 194 Å². The van der Waals surface area contributed by atoms with Crippen LogP contribution in [0.1, 0.15) is 73.9 Å². The zero-order valence-electron chi connectivity index (χ0n) is 41.2. The number of cyclic esters (lactones) is 1. The Morgan fingerprint density at radius 1 is 0.514 bits per heavy atom. The van der Waals surface area contributed by atoms with E-state index in [0.29, 0.717) is 12.2 Å². The molecule has 0 aliphatic carbocycles. The quantitative estimate of drug-likeness (QED) is 0.0325. The number of carbonyl (C=O) groups excluding carboxylic acids is 5. The molecule has 1 fully saturated rings. The van der Waals surface area contributed by atoms with Crippen LogP contribution in [0.25, 0.3) is 0 Å². The average molecular weight is 1000 g/mol. The molecule has 0 bridgehead atoms. The Hall–Kier alpha value is -6.89. The number of carbonyl (C=O) groups is 5. The first-order chi connectivity index (χ1) is 34.9. The van der Waals surface area contributed by atoms with Crippen molar-refractivity contribution in [2.75, 3.05) is 18.1 Å². The lowest BCUT2D eigenvalue weighted by Gasteiger charge is -2.37. The predicted octanol–water partition coefficient (Wildman–Crippen LogP) is 9.58. The molecule has 0 saturated carbocycles. The Kier molecular flexibility index (Phi) is 18.7. The van der Waals surface area contributed by atoms with E-state index in [2.05, 4.69) is 94.1 Å². The molecule has 12 heteroatoms. The van der Waals surface area contributed by atoms with E-state index in [-0.39, 0.29) is 12.2 Å². The molecule has 1 aliphatic heterocycles. The SMILES string of the molecule is CC(C)[C@H]1NC(=O)C[C@@H](C=CCCSC(c2ccccc2)(c2ccccc2)c2ccccc2)OC(=O)CNC(=O)[C@@H](C(C)C)NC(=O)[C@@H](CSC(c2ccccc2)(c2ccccc2)c2ccccc2)NC1=O. The molecule has 1 aliphatic rings. The summed E-state index contributed by atoms with van der Waals surface area (Å²) in [4.78, 5) is 70.5. The Morgan fingerprint density at radius 3 is 1.31 bits per heavy atom. The monoisotopic (exact) mass is 1000 g/mol. The fourth-order valence-electron chi connectivity index (χ4n) is 9.09. The number of esters is 1. The van der Waals surface area contributed by atoms with Gasteiger partial charge in [0.2, 0.25) is 23.6 Å². The Labute approximate surface area is 432 Å². The van der Waals surface area contributed by atoms with E-state index < -0.39 is 81.7 Å². The molecule has 4 amide bonds. The summed E-state index contributed by atoms with van der Waals surface area (Å²) in [5.41, 5.74) is 6.30. The van der Waals surface area contributed by atoms with Crippen LogP contribution in [-0.2, 0) is 38.2 Å². The molecular formula is C60H64N4O6S2. The molecule has 0 spiro atoms. The van der Waals surface area contributed by atoms with Crippen LogP contribution >= 0.6 is 23.5 Å². The van der Waals surface area contributed by atoms with Gasteiger partial charge in [0, 0.05) is 5.75 Å². The van der Waals surface area contributed by atoms with Crippen molar-refractivity contribution >= 4 is 53.1 Å². The summed E-state index contributed by atoms with van der Waals surface area (Å²) in [6, 6.07) is 57.9. The highest BCUT2D eigenvalue weighted by Crippen LogP contribution is 2.50. The summed E-state index contributed by atoms with van der Waals surface area (Å²) < 4.78 is 4.49. The fraction of sp³-hybridized carbons (Fsp3) is 0.283. The summed E-state index contributed by atoms with van der Waals surface area (Å²) in [7, 11) is 0. The number of benzene rings is 6. The molecule has 6 aromatic carbocycles. The van der Waals surface area contributed by atoms with E-state index in [1.165, 1.54) is 11.8 Å². The fourth-order valence-corrected chi connectivity index (χ4v) is 12.1. The maximum atomic E-state index is 14.6. The summed E-state index contributed by atoms with van der Waals surface area (Å²) in [6.45, 7) is 6.72. The van der Waals surface area contributed by atoms with E-state index in [4.69, 9.17) is 4.74 Å². The smallest absolute Gasteiger partial charge is 0.326 e. The van der Waals surface area contributed by atoms with Gasteiger partial charge in [-0.1, -0.05) is 216 Å². The number of ether oxygens (including phenoxy) is 1. The molecule has 1 heterocycles. The van der Waals surface area contributed by atoms with Crippen molar-refractivity contribution in [2.45, 2.75) is 74.3 Å². The number of amides is 4. The largest absolute Gasteiger partial charge is 0.456 e. The zero-order chi connectivity index (χ0) is 50.9. The third kappa shape index (κ3) is 13.0. The van der Waals surface area contributed by atoms with E-state index >= 15 is 0 Å². The van der Waals surface area contributed by atoms with Gasteiger partial charge < -0.3 is 26.0 Å². The number of rotatable bonds is 16.